The van der Waals surface area contributed by atoms with Gasteiger partial charge in [-0.15, -0.1) is 0 Å². The summed E-state index contributed by atoms with van der Waals surface area (Å²) in [5, 5.41) is 9.67. The highest BCUT2D eigenvalue weighted by Gasteiger charge is 2.34. The van der Waals surface area contributed by atoms with E-state index in [1.165, 1.54) is 37.3 Å². The lowest BCUT2D eigenvalue weighted by molar-refractivity contribution is -0.180. The van der Waals surface area contributed by atoms with Crippen LogP contribution in [0.5, 0.6) is 5.75 Å². The third-order valence-electron chi connectivity index (χ3n) is 7.42. The van der Waals surface area contributed by atoms with E-state index in [9.17, 15) is 9.50 Å². The number of hydrogen-bond acceptors (Lipinski definition) is 5. The van der Waals surface area contributed by atoms with Crippen LogP contribution >= 0.6 is 0 Å². The van der Waals surface area contributed by atoms with Gasteiger partial charge in [0.2, 0.25) is 5.79 Å². The van der Waals surface area contributed by atoms with Crippen molar-refractivity contribution >= 4 is 11.3 Å². The van der Waals surface area contributed by atoms with Crippen LogP contribution in [0.2, 0.25) is 0 Å². The predicted octanol–water partition coefficient (Wildman–Crippen LogP) is 12.3. The first-order valence-electron chi connectivity index (χ1n) is 17.5. The number of pyridine rings is 1. The van der Waals surface area contributed by atoms with Gasteiger partial charge in [-0.05, 0) is 61.9 Å². The normalized spacial score (nSPS) is 15.0. The van der Waals surface area contributed by atoms with E-state index in [-0.39, 0.29) is 11.6 Å². The van der Waals surface area contributed by atoms with Gasteiger partial charge in [-0.1, -0.05) is 101 Å². The first-order valence-corrected chi connectivity index (χ1v) is 17.5. The van der Waals surface area contributed by atoms with Gasteiger partial charge < -0.3 is 19.5 Å². The van der Waals surface area contributed by atoms with Crippen LogP contribution in [-0.2, 0) is 17.8 Å². The topological polar surface area (TPSA) is 54.8 Å². The van der Waals surface area contributed by atoms with Crippen LogP contribution in [-0.4, -0.2) is 21.9 Å². The van der Waals surface area contributed by atoms with Crippen LogP contribution in [0.15, 0.2) is 49.0 Å². The summed E-state index contributed by atoms with van der Waals surface area (Å²) in [5.74, 6) is 0.0968. The van der Waals surface area contributed by atoms with E-state index in [0.717, 1.165) is 47.5 Å². The molecule has 1 saturated carbocycles. The van der Waals surface area contributed by atoms with E-state index in [1.54, 1.807) is 6.92 Å². The van der Waals surface area contributed by atoms with Gasteiger partial charge in [0, 0.05) is 54.7 Å². The summed E-state index contributed by atoms with van der Waals surface area (Å²) in [6.45, 7) is 34.6. The number of anilines is 1. The number of nitrogens with zero attached hydrogens (tertiary/aromatic N) is 2. The fraction of sp³-hybridized carbons (Fsp3) is 0.575. The van der Waals surface area contributed by atoms with E-state index >= 15 is 0 Å². The smallest absolute Gasteiger partial charge is 0.205 e. The molecule has 3 heterocycles. The second kappa shape index (κ2) is 21.6. The maximum Gasteiger partial charge on any atom is 0.205 e. The molecule has 46 heavy (non-hydrogen) atoms. The molecule has 260 valence electrons. The molecule has 0 radical (unpaired) electrons. The fourth-order valence-corrected chi connectivity index (χ4v) is 4.25. The number of rotatable bonds is 5. The first-order chi connectivity index (χ1) is 21.8. The monoisotopic (exact) mass is 640 g/mol. The molecule has 0 bridgehead atoms. The Morgan fingerprint density at radius 3 is 2.00 bits per heavy atom. The Labute approximate surface area is 281 Å². The number of ether oxygens (including phenoxy) is 2. The van der Waals surface area contributed by atoms with Crippen molar-refractivity contribution in [1.82, 2.24) is 4.98 Å². The Bertz CT molecular complexity index is 1250. The van der Waals surface area contributed by atoms with E-state index in [4.69, 9.17) is 9.47 Å². The van der Waals surface area contributed by atoms with Crippen molar-refractivity contribution in [3.63, 3.8) is 0 Å². The predicted molar refractivity (Wildman–Crippen MR) is 197 cm³/mol. The Balaban J connectivity index is 0.000000667. The minimum atomic E-state index is -0.536. The van der Waals surface area contributed by atoms with Crippen LogP contribution < -0.4 is 9.64 Å². The molecule has 1 fully saturated rings. The number of allylic oxidation sites excluding steroid dienone is 1. The Morgan fingerprint density at radius 1 is 1.00 bits per heavy atom. The number of unbranched alkanes of at least 4 members (excludes halogenated alkanes) is 2. The largest absolute Gasteiger partial charge is 0.508 e. The van der Waals surface area contributed by atoms with Crippen LogP contribution in [0.1, 0.15) is 143 Å². The molecular formula is C40H65FN2O3. The minimum Gasteiger partial charge on any atom is -0.508 e. The number of halogens is 1. The average Bonchev–Trinajstić information content (AvgIpc) is 3.90. The van der Waals surface area contributed by atoms with Crippen molar-refractivity contribution in [2.75, 3.05) is 4.90 Å². The zero-order chi connectivity index (χ0) is 35.6. The van der Waals surface area contributed by atoms with Gasteiger partial charge in [-0.3, -0.25) is 4.98 Å². The molecule has 1 aromatic heterocycles. The highest BCUT2D eigenvalue weighted by atomic mass is 19.1. The molecule has 2 aliphatic heterocycles. The van der Waals surface area contributed by atoms with Gasteiger partial charge in [0.05, 0.1) is 12.3 Å². The lowest BCUT2D eigenvalue weighted by Gasteiger charge is -2.34. The molecule has 5 rings (SSSR count). The maximum absolute atomic E-state index is 13.8. The summed E-state index contributed by atoms with van der Waals surface area (Å²) < 4.78 is 25.2. The number of aromatic nitrogens is 1. The number of aliphatic hydroxyl groups excluding tert-OH is 1. The molecular weight excluding hydrogens is 575 g/mol. The molecule has 1 aromatic carbocycles. The van der Waals surface area contributed by atoms with Gasteiger partial charge in [0.25, 0.3) is 0 Å². The van der Waals surface area contributed by atoms with Gasteiger partial charge >= 0.3 is 0 Å². The highest BCUT2D eigenvalue weighted by Crippen LogP contribution is 2.44. The van der Waals surface area contributed by atoms with Crippen LogP contribution in [0.4, 0.5) is 10.1 Å². The van der Waals surface area contributed by atoms with E-state index in [2.05, 4.69) is 57.7 Å². The number of benzene rings is 1. The summed E-state index contributed by atoms with van der Waals surface area (Å²) in [6.07, 6.45) is 12.3. The zero-order valence-electron chi connectivity index (χ0n) is 31.5. The third kappa shape index (κ3) is 12.6. The highest BCUT2D eigenvalue weighted by molar-refractivity contribution is 5.91. The van der Waals surface area contributed by atoms with Crippen molar-refractivity contribution in [3.8, 4) is 5.75 Å². The van der Waals surface area contributed by atoms with Gasteiger partial charge in [-0.25, -0.2) is 4.39 Å². The van der Waals surface area contributed by atoms with Crippen molar-refractivity contribution in [3.05, 3.63) is 82.8 Å². The summed E-state index contributed by atoms with van der Waals surface area (Å²) in [5.41, 5.74) is 6.85. The molecule has 2 aromatic rings. The van der Waals surface area contributed by atoms with Crippen LogP contribution in [0.25, 0.3) is 5.57 Å². The van der Waals surface area contributed by atoms with E-state index in [0.29, 0.717) is 29.4 Å². The summed E-state index contributed by atoms with van der Waals surface area (Å²) in [7, 11) is 0. The quantitative estimate of drug-likeness (QED) is 0.330. The van der Waals surface area contributed by atoms with Crippen molar-refractivity contribution in [2.45, 2.75) is 153 Å². The van der Waals surface area contributed by atoms with Gasteiger partial charge in [-0.2, -0.15) is 0 Å². The average molecular weight is 641 g/mol. The number of aryl methyl sites for hydroxylation is 3. The second-order valence-electron chi connectivity index (χ2n) is 11.5. The maximum atomic E-state index is 13.8. The second-order valence-corrected chi connectivity index (χ2v) is 11.5. The summed E-state index contributed by atoms with van der Waals surface area (Å²) in [4.78, 5) is 6.45. The van der Waals surface area contributed by atoms with E-state index in [1.807, 2.05) is 66.9 Å². The lowest BCUT2D eigenvalue weighted by Crippen LogP contribution is -2.36. The molecule has 1 N–H and O–H groups in total. The molecule has 0 saturated heterocycles. The standard InChI is InChI=1S/C16H16FNO.C12H17NO2.2C4H10.2C2H6/c1-9-6-16-13(7-15(9)17)10(2)14(11(3)19)8-18(16)12-4-5-12;1-5-9-6-13-8(2)11-10(9)7-14-12(3,4)15-11;2*1-3-4-2;2*1-2/h6-8,12,19H,2-5H2,1H3;6H,5,7H2,1-4H3;2*3-4H2,1-2H3;2*1-2H3. The molecule has 0 atom stereocenters. The lowest BCUT2D eigenvalue weighted by atomic mass is 9.92. The first kappa shape index (κ1) is 42.9. The molecule has 0 unspecified atom stereocenters. The Kier molecular flexibility index (Phi) is 20.2. The molecule has 5 nitrogen and oxygen atoms in total. The number of aliphatic hydroxyl groups is 1. The molecule has 0 spiro atoms. The van der Waals surface area contributed by atoms with Crippen LogP contribution in [0, 0.1) is 19.7 Å². The van der Waals surface area contributed by atoms with Gasteiger partial charge in [0.15, 0.2) is 0 Å². The summed E-state index contributed by atoms with van der Waals surface area (Å²) >= 11 is 0. The fourth-order valence-electron chi connectivity index (χ4n) is 4.25. The van der Waals surface area contributed by atoms with Crippen molar-refractivity contribution in [2.24, 2.45) is 0 Å². The summed E-state index contributed by atoms with van der Waals surface area (Å²) in [6, 6.07) is 3.78. The molecule has 6 heteroatoms. The van der Waals surface area contributed by atoms with Gasteiger partial charge in [0.1, 0.15) is 17.3 Å². The third-order valence-corrected chi connectivity index (χ3v) is 7.42. The SMILES string of the molecule is C=C(O)C1=CN(C2CC2)c2cc(C)c(F)cc2C1=C.CC.CC.CCCC.CCCC.CCc1cnc(C)c2c1COC(C)(C)O2. The number of hydrogen-bond donors (Lipinski definition) is 1. The van der Waals surface area contributed by atoms with E-state index < -0.39 is 5.79 Å². The van der Waals surface area contributed by atoms with Crippen LogP contribution in [0.3, 0.4) is 0 Å². The minimum absolute atomic E-state index is 0.0257. The number of fused-ring (bicyclic) bond motifs is 2. The Hall–Kier alpha value is -3.12. The van der Waals surface area contributed by atoms with Crippen molar-refractivity contribution < 1.29 is 19.0 Å². The zero-order valence-corrected chi connectivity index (χ0v) is 31.5. The van der Waals surface area contributed by atoms with Crippen molar-refractivity contribution in [1.29, 1.82) is 0 Å². The Morgan fingerprint density at radius 2 is 1.54 bits per heavy atom. The molecule has 0 amide bonds. The molecule has 3 aliphatic rings. The molecule has 1 aliphatic carbocycles.